The fourth-order valence-corrected chi connectivity index (χ4v) is 3.34. The molecule has 2 atom stereocenters. The van der Waals surface area contributed by atoms with Crippen molar-refractivity contribution in [2.75, 3.05) is 0 Å². The molecule has 2 rings (SSSR count). The van der Waals surface area contributed by atoms with Crippen molar-refractivity contribution in [3.05, 3.63) is 71.8 Å². The van der Waals surface area contributed by atoms with Crippen LogP contribution in [-0.2, 0) is 17.6 Å². The lowest BCUT2D eigenvalue weighted by Crippen LogP contribution is -2.17. The van der Waals surface area contributed by atoms with Gasteiger partial charge in [-0.15, -0.1) is 0 Å². The zero-order valence-corrected chi connectivity index (χ0v) is 16.0. The second-order valence-electron chi connectivity index (χ2n) is 7.22. The van der Waals surface area contributed by atoms with Gasteiger partial charge in [0.1, 0.15) is 0 Å². The van der Waals surface area contributed by atoms with Crippen LogP contribution in [0.5, 0.6) is 0 Å². The Morgan fingerprint density at radius 2 is 1.00 bits per heavy atom. The largest absolute Gasteiger partial charge is 0.376 e. The molecule has 1 nitrogen and oxygen atoms in total. The van der Waals surface area contributed by atoms with Crippen molar-refractivity contribution in [1.29, 1.82) is 0 Å². The van der Waals surface area contributed by atoms with Crippen LogP contribution in [0.15, 0.2) is 60.7 Å². The van der Waals surface area contributed by atoms with Crippen molar-refractivity contribution >= 4 is 0 Å². The average molecular weight is 339 g/mol. The van der Waals surface area contributed by atoms with Gasteiger partial charge in [-0.3, -0.25) is 0 Å². The molecule has 0 aliphatic rings. The summed E-state index contributed by atoms with van der Waals surface area (Å²) in [7, 11) is 0. The minimum Gasteiger partial charge on any atom is -0.376 e. The monoisotopic (exact) mass is 338 g/mol. The normalized spacial score (nSPS) is 13.5. The SMILES string of the molecule is CC(CCCCc1ccccc1)OC(C)CCCCc1ccccc1. The van der Waals surface area contributed by atoms with Crippen molar-refractivity contribution in [1.82, 2.24) is 0 Å². The molecule has 0 spiro atoms. The van der Waals surface area contributed by atoms with Crippen LogP contribution >= 0.6 is 0 Å². The third kappa shape index (κ3) is 8.88. The van der Waals surface area contributed by atoms with Crippen LogP contribution in [0, 0.1) is 0 Å². The molecule has 0 heterocycles. The Morgan fingerprint density at radius 1 is 0.600 bits per heavy atom. The lowest BCUT2D eigenvalue weighted by atomic mass is 10.0. The van der Waals surface area contributed by atoms with Gasteiger partial charge in [0.15, 0.2) is 0 Å². The minimum atomic E-state index is 0.375. The highest BCUT2D eigenvalue weighted by atomic mass is 16.5. The number of ether oxygens (including phenoxy) is 1. The van der Waals surface area contributed by atoms with Crippen LogP contribution in [0.4, 0.5) is 0 Å². The van der Waals surface area contributed by atoms with Crippen LogP contribution in [-0.4, -0.2) is 12.2 Å². The molecule has 0 aliphatic carbocycles. The van der Waals surface area contributed by atoms with E-state index >= 15 is 0 Å². The smallest absolute Gasteiger partial charge is 0.0550 e. The van der Waals surface area contributed by atoms with Gasteiger partial charge in [-0.05, 0) is 63.5 Å². The summed E-state index contributed by atoms with van der Waals surface area (Å²) in [6, 6.07) is 21.5. The van der Waals surface area contributed by atoms with E-state index in [0.717, 1.165) is 0 Å². The Kier molecular flexibility index (Phi) is 9.36. The molecule has 0 amide bonds. The fourth-order valence-electron chi connectivity index (χ4n) is 3.34. The van der Waals surface area contributed by atoms with Gasteiger partial charge in [-0.2, -0.15) is 0 Å². The zero-order chi connectivity index (χ0) is 17.7. The van der Waals surface area contributed by atoms with E-state index in [2.05, 4.69) is 74.5 Å². The molecular formula is C24H34O. The van der Waals surface area contributed by atoms with E-state index < -0.39 is 0 Å². The Bertz CT molecular complexity index is 497. The Labute approximate surface area is 154 Å². The summed E-state index contributed by atoms with van der Waals surface area (Å²) in [5.74, 6) is 0. The van der Waals surface area contributed by atoms with E-state index in [9.17, 15) is 0 Å². The van der Waals surface area contributed by atoms with Crippen LogP contribution in [0.2, 0.25) is 0 Å². The highest BCUT2D eigenvalue weighted by molar-refractivity contribution is 5.15. The molecule has 0 fully saturated rings. The van der Waals surface area contributed by atoms with Crippen molar-refractivity contribution in [2.45, 2.75) is 77.4 Å². The summed E-state index contributed by atoms with van der Waals surface area (Å²) in [5.41, 5.74) is 2.89. The van der Waals surface area contributed by atoms with E-state index in [4.69, 9.17) is 4.74 Å². The average Bonchev–Trinajstić information content (AvgIpc) is 2.64. The maximum atomic E-state index is 6.15. The lowest BCUT2D eigenvalue weighted by Gasteiger charge is -2.19. The standard InChI is InChI=1S/C24H34O/c1-21(13-9-11-19-23-15-5-3-6-16-23)25-22(2)14-10-12-20-24-17-7-4-8-18-24/h3-8,15-18,21-22H,9-14,19-20H2,1-2H3. The molecule has 1 heteroatoms. The van der Waals surface area contributed by atoms with Crippen LogP contribution in [0.1, 0.15) is 63.5 Å². The van der Waals surface area contributed by atoms with Crippen LogP contribution in [0.3, 0.4) is 0 Å². The van der Waals surface area contributed by atoms with Gasteiger partial charge < -0.3 is 4.74 Å². The quantitative estimate of drug-likeness (QED) is 0.396. The predicted molar refractivity (Wildman–Crippen MR) is 108 cm³/mol. The van der Waals surface area contributed by atoms with E-state index in [1.165, 1.54) is 62.5 Å². The van der Waals surface area contributed by atoms with E-state index in [-0.39, 0.29) is 0 Å². The Hall–Kier alpha value is -1.60. The van der Waals surface area contributed by atoms with Gasteiger partial charge in [0.2, 0.25) is 0 Å². The molecule has 0 saturated heterocycles. The molecule has 2 aromatic carbocycles. The molecule has 136 valence electrons. The highest BCUT2D eigenvalue weighted by Crippen LogP contribution is 2.14. The van der Waals surface area contributed by atoms with Gasteiger partial charge in [0.25, 0.3) is 0 Å². The summed E-state index contributed by atoms with van der Waals surface area (Å²) >= 11 is 0. The van der Waals surface area contributed by atoms with E-state index in [1.54, 1.807) is 0 Å². The molecule has 25 heavy (non-hydrogen) atoms. The zero-order valence-electron chi connectivity index (χ0n) is 16.0. The van der Waals surface area contributed by atoms with Gasteiger partial charge >= 0.3 is 0 Å². The Balaban J connectivity index is 1.49. The second-order valence-corrected chi connectivity index (χ2v) is 7.22. The maximum Gasteiger partial charge on any atom is 0.0550 e. The van der Waals surface area contributed by atoms with Crippen LogP contribution < -0.4 is 0 Å². The van der Waals surface area contributed by atoms with E-state index in [0.29, 0.717) is 12.2 Å². The fraction of sp³-hybridized carbons (Fsp3) is 0.500. The number of aryl methyl sites for hydroxylation is 2. The first-order chi connectivity index (χ1) is 12.2. The number of hydrogen-bond acceptors (Lipinski definition) is 1. The molecule has 0 N–H and O–H groups in total. The molecule has 0 saturated carbocycles. The summed E-state index contributed by atoms with van der Waals surface area (Å²) in [4.78, 5) is 0. The first-order valence-electron chi connectivity index (χ1n) is 9.97. The molecular weight excluding hydrogens is 304 g/mol. The topological polar surface area (TPSA) is 9.23 Å². The van der Waals surface area contributed by atoms with Crippen molar-refractivity contribution in [3.63, 3.8) is 0 Å². The molecule has 0 bridgehead atoms. The Morgan fingerprint density at radius 3 is 1.40 bits per heavy atom. The summed E-state index contributed by atoms with van der Waals surface area (Å²) < 4.78 is 6.15. The second kappa shape index (κ2) is 11.9. The van der Waals surface area contributed by atoms with E-state index in [1.807, 2.05) is 0 Å². The number of rotatable bonds is 12. The molecule has 0 radical (unpaired) electrons. The summed E-state index contributed by atoms with van der Waals surface area (Å²) in [5, 5.41) is 0. The van der Waals surface area contributed by atoms with Crippen LogP contribution in [0.25, 0.3) is 0 Å². The van der Waals surface area contributed by atoms with Gasteiger partial charge in [0, 0.05) is 0 Å². The first-order valence-corrected chi connectivity index (χ1v) is 9.97. The number of benzene rings is 2. The lowest BCUT2D eigenvalue weighted by molar-refractivity contribution is -0.00215. The molecule has 2 aromatic rings. The van der Waals surface area contributed by atoms with Crippen molar-refractivity contribution in [2.24, 2.45) is 0 Å². The predicted octanol–water partition coefficient (Wildman–Crippen LogP) is 6.61. The minimum absolute atomic E-state index is 0.375. The van der Waals surface area contributed by atoms with Crippen molar-refractivity contribution < 1.29 is 4.74 Å². The first kappa shape index (κ1) is 19.7. The summed E-state index contributed by atoms with van der Waals surface area (Å²) in [6.45, 7) is 4.45. The van der Waals surface area contributed by atoms with Gasteiger partial charge in [-0.25, -0.2) is 0 Å². The maximum absolute atomic E-state index is 6.15. The third-order valence-corrected chi connectivity index (χ3v) is 4.80. The third-order valence-electron chi connectivity index (χ3n) is 4.80. The summed E-state index contributed by atoms with van der Waals surface area (Å²) in [6.07, 6.45) is 10.5. The highest BCUT2D eigenvalue weighted by Gasteiger charge is 2.08. The molecule has 0 aliphatic heterocycles. The molecule has 2 unspecified atom stereocenters. The number of unbranched alkanes of at least 4 members (excludes halogenated alkanes) is 2. The number of hydrogen-bond donors (Lipinski definition) is 0. The molecule has 0 aromatic heterocycles. The van der Waals surface area contributed by atoms with Gasteiger partial charge in [0.05, 0.1) is 12.2 Å². The van der Waals surface area contributed by atoms with Crippen molar-refractivity contribution in [3.8, 4) is 0 Å². The van der Waals surface area contributed by atoms with Gasteiger partial charge in [-0.1, -0.05) is 73.5 Å².